The summed E-state index contributed by atoms with van der Waals surface area (Å²) in [6.45, 7) is 4.30. The summed E-state index contributed by atoms with van der Waals surface area (Å²) in [6.07, 6.45) is 4.53. The Morgan fingerprint density at radius 2 is 1.69 bits per heavy atom. The van der Waals surface area contributed by atoms with Crippen molar-refractivity contribution < 1.29 is 9.53 Å². The molecule has 0 spiro atoms. The Kier molecular flexibility index (Phi) is 7.35. The maximum absolute atomic E-state index is 13.0. The number of aromatic nitrogens is 2. The monoisotopic (exact) mass is 522 g/mol. The highest BCUT2D eigenvalue weighted by Gasteiger charge is 2.21. The fourth-order valence-corrected chi connectivity index (χ4v) is 4.87. The molecule has 1 amide bonds. The molecule has 2 aromatic heterocycles. The van der Waals surface area contributed by atoms with E-state index < -0.39 is 0 Å². The smallest absolute Gasteiger partial charge is 0.270 e. The summed E-state index contributed by atoms with van der Waals surface area (Å²) in [7, 11) is 0. The standard InChI is InChI=1S/C28H28Cl2N4O2/c1-2-25-27(34-18-21(30)7-12-26(34)32-25)28(35)31-17-19-3-8-22(9-4-19)33-15-13-24(14-16-33)36-23-10-5-20(29)6-11-23/h3-12,18,24H,2,13-17H2,1H3,(H,31,35). The van der Waals surface area contributed by atoms with Crippen molar-refractivity contribution in [1.82, 2.24) is 14.7 Å². The van der Waals surface area contributed by atoms with E-state index in [1.54, 1.807) is 16.7 Å². The van der Waals surface area contributed by atoms with Crippen LogP contribution in [-0.2, 0) is 13.0 Å². The van der Waals surface area contributed by atoms with Crippen molar-refractivity contribution >= 4 is 40.4 Å². The second kappa shape index (κ2) is 10.8. The quantitative estimate of drug-likeness (QED) is 0.314. The van der Waals surface area contributed by atoms with Crippen LogP contribution in [0.25, 0.3) is 5.65 Å². The summed E-state index contributed by atoms with van der Waals surface area (Å²) in [6, 6.07) is 19.5. The molecule has 1 aliphatic heterocycles. The summed E-state index contributed by atoms with van der Waals surface area (Å²) in [4.78, 5) is 20.0. The number of halogens is 2. The summed E-state index contributed by atoms with van der Waals surface area (Å²) >= 11 is 12.1. The van der Waals surface area contributed by atoms with Crippen molar-refractivity contribution in [2.24, 2.45) is 0 Å². The van der Waals surface area contributed by atoms with E-state index in [1.165, 1.54) is 5.69 Å². The lowest BCUT2D eigenvalue weighted by atomic mass is 10.1. The molecule has 8 heteroatoms. The van der Waals surface area contributed by atoms with Gasteiger partial charge in [-0.05, 0) is 60.5 Å². The number of nitrogens with zero attached hydrogens (tertiary/aromatic N) is 3. The summed E-state index contributed by atoms with van der Waals surface area (Å²) in [5, 5.41) is 4.31. The highest BCUT2D eigenvalue weighted by molar-refractivity contribution is 6.30. The first kappa shape index (κ1) is 24.5. The number of anilines is 1. The molecule has 0 atom stereocenters. The third kappa shape index (κ3) is 5.45. The number of rotatable bonds is 7. The topological polar surface area (TPSA) is 58.9 Å². The Labute approximate surface area is 220 Å². The van der Waals surface area contributed by atoms with Gasteiger partial charge in [0.15, 0.2) is 0 Å². The molecule has 0 unspecified atom stereocenters. The Balaban J connectivity index is 1.16. The van der Waals surface area contributed by atoms with Gasteiger partial charge < -0.3 is 15.0 Å². The Hall–Kier alpha value is -3.22. The van der Waals surface area contributed by atoms with Crippen molar-refractivity contribution in [3.05, 3.63) is 93.9 Å². The van der Waals surface area contributed by atoms with Gasteiger partial charge in [0.05, 0.1) is 10.7 Å². The number of hydrogen-bond acceptors (Lipinski definition) is 4. The number of aryl methyl sites for hydroxylation is 1. The molecule has 1 N–H and O–H groups in total. The SMILES string of the molecule is CCc1nc2ccc(Cl)cn2c1C(=O)NCc1ccc(N2CCC(Oc3ccc(Cl)cc3)CC2)cc1. The molecule has 1 saturated heterocycles. The van der Waals surface area contributed by atoms with Crippen LogP contribution in [0.3, 0.4) is 0 Å². The van der Waals surface area contributed by atoms with Gasteiger partial charge in [-0.25, -0.2) is 4.98 Å². The van der Waals surface area contributed by atoms with E-state index in [0.29, 0.717) is 34.4 Å². The van der Waals surface area contributed by atoms with Crippen LogP contribution in [0, 0.1) is 0 Å². The lowest BCUT2D eigenvalue weighted by molar-refractivity contribution is 0.0944. The maximum Gasteiger partial charge on any atom is 0.270 e. The number of imidazole rings is 1. The number of ether oxygens (including phenoxy) is 1. The number of carbonyl (C=O) groups is 1. The largest absolute Gasteiger partial charge is 0.490 e. The molecule has 1 fully saturated rings. The van der Waals surface area contributed by atoms with Gasteiger partial charge in [-0.2, -0.15) is 0 Å². The first-order valence-electron chi connectivity index (χ1n) is 12.2. The number of piperidine rings is 1. The van der Waals surface area contributed by atoms with Gasteiger partial charge in [-0.3, -0.25) is 9.20 Å². The van der Waals surface area contributed by atoms with E-state index in [2.05, 4.69) is 39.5 Å². The molecule has 3 heterocycles. The van der Waals surface area contributed by atoms with Crippen molar-refractivity contribution in [1.29, 1.82) is 0 Å². The molecule has 36 heavy (non-hydrogen) atoms. The minimum absolute atomic E-state index is 0.159. The van der Waals surface area contributed by atoms with Crippen LogP contribution >= 0.6 is 23.2 Å². The minimum atomic E-state index is -0.159. The van der Waals surface area contributed by atoms with E-state index in [4.69, 9.17) is 27.9 Å². The molecule has 0 bridgehead atoms. The van der Waals surface area contributed by atoms with Crippen LogP contribution in [0.2, 0.25) is 10.0 Å². The molecule has 4 aromatic rings. The molecule has 2 aromatic carbocycles. The van der Waals surface area contributed by atoms with Crippen LogP contribution in [0.1, 0.15) is 41.5 Å². The van der Waals surface area contributed by atoms with Gasteiger partial charge in [0.2, 0.25) is 0 Å². The zero-order chi connectivity index (χ0) is 25.1. The fraction of sp³-hybridized carbons (Fsp3) is 0.286. The van der Waals surface area contributed by atoms with Crippen LogP contribution in [0.4, 0.5) is 5.69 Å². The highest BCUT2D eigenvalue weighted by atomic mass is 35.5. The molecule has 1 aliphatic rings. The second-order valence-electron chi connectivity index (χ2n) is 8.94. The minimum Gasteiger partial charge on any atom is -0.490 e. The number of pyridine rings is 1. The van der Waals surface area contributed by atoms with Crippen LogP contribution in [-0.4, -0.2) is 34.5 Å². The van der Waals surface area contributed by atoms with Gasteiger partial charge in [0.1, 0.15) is 23.2 Å². The zero-order valence-corrected chi connectivity index (χ0v) is 21.6. The van der Waals surface area contributed by atoms with Gasteiger partial charge in [0.25, 0.3) is 5.91 Å². The first-order valence-corrected chi connectivity index (χ1v) is 13.0. The molecule has 0 aliphatic carbocycles. The lowest BCUT2D eigenvalue weighted by Gasteiger charge is -2.33. The van der Waals surface area contributed by atoms with Crippen molar-refractivity contribution in [3.63, 3.8) is 0 Å². The van der Waals surface area contributed by atoms with Crippen molar-refractivity contribution in [3.8, 4) is 5.75 Å². The average molecular weight is 523 g/mol. The predicted octanol–water partition coefficient (Wildman–Crippen LogP) is 6.18. The lowest BCUT2D eigenvalue weighted by Crippen LogP contribution is -2.38. The molecule has 6 nitrogen and oxygen atoms in total. The van der Waals surface area contributed by atoms with E-state index in [1.807, 2.05) is 37.3 Å². The first-order chi connectivity index (χ1) is 17.5. The molecule has 0 radical (unpaired) electrons. The maximum atomic E-state index is 13.0. The van der Waals surface area contributed by atoms with Crippen molar-refractivity contribution in [2.45, 2.75) is 38.8 Å². The number of nitrogens with one attached hydrogen (secondary N) is 1. The number of carbonyl (C=O) groups excluding carboxylic acids is 1. The van der Waals surface area contributed by atoms with E-state index >= 15 is 0 Å². The van der Waals surface area contributed by atoms with Crippen LogP contribution in [0.15, 0.2) is 66.9 Å². The fourth-order valence-electron chi connectivity index (χ4n) is 4.58. The normalized spacial score (nSPS) is 14.2. The average Bonchev–Trinajstić information content (AvgIpc) is 3.27. The Morgan fingerprint density at radius 3 is 2.39 bits per heavy atom. The number of benzene rings is 2. The predicted molar refractivity (Wildman–Crippen MR) is 145 cm³/mol. The Morgan fingerprint density at radius 1 is 1.00 bits per heavy atom. The highest BCUT2D eigenvalue weighted by Crippen LogP contribution is 2.25. The van der Waals surface area contributed by atoms with Gasteiger partial charge >= 0.3 is 0 Å². The molecular formula is C28H28Cl2N4O2. The Bertz CT molecular complexity index is 1340. The number of hydrogen-bond donors (Lipinski definition) is 1. The summed E-state index contributed by atoms with van der Waals surface area (Å²) < 4.78 is 7.87. The van der Waals surface area contributed by atoms with Crippen LogP contribution in [0.5, 0.6) is 5.75 Å². The van der Waals surface area contributed by atoms with E-state index in [9.17, 15) is 4.79 Å². The van der Waals surface area contributed by atoms with Crippen molar-refractivity contribution in [2.75, 3.05) is 18.0 Å². The molecule has 5 rings (SSSR count). The number of fused-ring (bicyclic) bond motifs is 1. The summed E-state index contributed by atoms with van der Waals surface area (Å²) in [5.74, 6) is 0.704. The zero-order valence-electron chi connectivity index (χ0n) is 20.1. The summed E-state index contributed by atoms with van der Waals surface area (Å²) in [5.41, 5.74) is 4.23. The molecule has 0 saturated carbocycles. The number of amides is 1. The van der Waals surface area contributed by atoms with Gasteiger partial charge in [-0.15, -0.1) is 0 Å². The molecule has 186 valence electrons. The van der Waals surface area contributed by atoms with Crippen LogP contribution < -0.4 is 15.0 Å². The second-order valence-corrected chi connectivity index (χ2v) is 9.82. The van der Waals surface area contributed by atoms with E-state index in [0.717, 1.165) is 42.9 Å². The van der Waals surface area contributed by atoms with E-state index in [-0.39, 0.29) is 12.0 Å². The third-order valence-corrected chi connectivity index (χ3v) is 6.99. The molecular weight excluding hydrogens is 495 g/mol. The van der Waals surface area contributed by atoms with Gasteiger partial charge in [0, 0.05) is 49.4 Å². The van der Waals surface area contributed by atoms with Gasteiger partial charge in [-0.1, -0.05) is 42.3 Å². The third-order valence-electron chi connectivity index (χ3n) is 6.52.